The van der Waals surface area contributed by atoms with E-state index in [0.29, 0.717) is 12.6 Å². The van der Waals surface area contributed by atoms with Crippen LogP contribution in [0.1, 0.15) is 24.5 Å². The maximum atomic E-state index is 11.4. The fourth-order valence-electron chi connectivity index (χ4n) is 2.24. The van der Waals surface area contributed by atoms with Crippen molar-refractivity contribution >= 4 is 21.6 Å². The van der Waals surface area contributed by atoms with Gasteiger partial charge in [0, 0.05) is 24.6 Å². The van der Waals surface area contributed by atoms with Gasteiger partial charge >= 0.3 is 0 Å². The van der Waals surface area contributed by atoms with E-state index in [2.05, 4.69) is 5.32 Å². The van der Waals surface area contributed by atoms with Crippen LogP contribution in [0.3, 0.4) is 0 Å². The molecule has 1 aromatic rings. The minimum absolute atomic E-state index is 0.282. The van der Waals surface area contributed by atoms with Crippen LogP contribution >= 0.6 is 11.8 Å². The summed E-state index contributed by atoms with van der Waals surface area (Å²) in [5.41, 5.74) is 0.744. The van der Waals surface area contributed by atoms with Gasteiger partial charge in [0.25, 0.3) is 0 Å². The fraction of sp³-hybridized carbons (Fsp3) is 0.571. The van der Waals surface area contributed by atoms with E-state index in [9.17, 15) is 13.5 Å². The first-order valence-corrected chi connectivity index (χ1v) is 9.80. The van der Waals surface area contributed by atoms with Crippen molar-refractivity contribution in [3.63, 3.8) is 0 Å². The molecule has 2 unspecified atom stereocenters. The van der Waals surface area contributed by atoms with Gasteiger partial charge in [-0.05, 0) is 36.3 Å². The summed E-state index contributed by atoms with van der Waals surface area (Å²) in [6.07, 6.45) is 2.96. The summed E-state index contributed by atoms with van der Waals surface area (Å²) < 4.78 is 22.7. The van der Waals surface area contributed by atoms with Crippen LogP contribution in [-0.4, -0.2) is 43.9 Å². The zero-order valence-electron chi connectivity index (χ0n) is 11.6. The van der Waals surface area contributed by atoms with E-state index in [4.69, 9.17) is 0 Å². The van der Waals surface area contributed by atoms with Gasteiger partial charge in [0.1, 0.15) is 0 Å². The second kappa shape index (κ2) is 6.93. The third kappa shape index (κ3) is 4.48. The van der Waals surface area contributed by atoms with Crippen molar-refractivity contribution in [1.82, 2.24) is 5.32 Å². The van der Waals surface area contributed by atoms with E-state index < -0.39 is 15.9 Å². The smallest absolute Gasteiger partial charge is 0.175 e. The Morgan fingerprint density at radius 1 is 1.40 bits per heavy atom. The second-order valence-corrected chi connectivity index (χ2v) is 8.34. The van der Waals surface area contributed by atoms with E-state index in [1.807, 2.05) is 11.8 Å². The van der Waals surface area contributed by atoms with Gasteiger partial charge in [-0.1, -0.05) is 12.1 Å². The maximum absolute atomic E-state index is 11.4. The Bertz CT molecular complexity index is 522. The molecule has 2 rings (SSSR count). The highest BCUT2D eigenvalue weighted by atomic mass is 32.2. The van der Waals surface area contributed by atoms with E-state index in [-0.39, 0.29) is 4.90 Å². The van der Waals surface area contributed by atoms with Crippen LogP contribution in [0.4, 0.5) is 0 Å². The van der Waals surface area contributed by atoms with Gasteiger partial charge in [0.05, 0.1) is 11.0 Å². The van der Waals surface area contributed by atoms with Gasteiger partial charge in [-0.15, -0.1) is 0 Å². The lowest BCUT2D eigenvalue weighted by atomic mass is 10.1. The van der Waals surface area contributed by atoms with Crippen LogP contribution in [0, 0.1) is 0 Å². The Morgan fingerprint density at radius 2 is 2.10 bits per heavy atom. The van der Waals surface area contributed by atoms with Crippen LogP contribution in [0.25, 0.3) is 0 Å². The van der Waals surface area contributed by atoms with Crippen molar-refractivity contribution in [3.05, 3.63) is 29.8 Å². The molecule has 0 radical (unpaired) electrons. The molecule has 2 atom stereocenters. The highest BCUT2D eigenvalue weighted by Crippen LogP contribution is 2.19. The van der Waals surface area contributed by atoms with Crippen LogP contribution in [-0.2, 0) is 9.84 Å². The molecule has 1 heterocycles. The molecule has 1 saturated heterocycles. The summed E-state index contributed by atoms with van der Waals surface area (Å²) in [5.74, 6) is 2.33. The molecular formula is C14H21NO3S2. The fourth-order valence-corrected chi connectivity index (χ4v) is 3.97. The standard InChI is InChI=1S/C14H21NO3S2/c1-20(17,18)13-6-4-11(5-7-13)14(16)9-15-12-3-2-8-19-10-12/h4-7,12,14-16H,2-3,8-10H2,1H3. The van der Waals surface area contributed by atoms with Crippen molar-refractivity contribution < 1.29 is 13.5 Å². The lowest BCUT2D eigenvalue weighted by Crippen LogP contribution is -2.36. The molecule has 0 spiro atoms. The van der Waals surface area contributed by atoms with E-state index in [1.165, 1.54) is 18.4 Å². The Balaban J connectivity index is 1.90. The van der Waals surface area contributed by atoms with Crippen LogP contribution < -0.4 is 5.32 Å². The Labute approximate surface area is 124 Å². The van der Waals surface area contributed by atoms with Crippen LogP contribution in [0.15, 0.2) is 29.2 Å². The molecule has 20 heavy (non-hydrogen) atoms. The molecule has 0 amide bonds. The number of sulfone groups is 1. The number of nitrogens with one attached hydrogen (secondary N) is 1. The van der Waals surface area contributed by atoms with Gasteiger partial charge in [0.15, 0.2) is 9.84 Å². The third-order valence-corrected chi connectivity index (χ3v) is 5.80. The van der Waals surface area contributed by atoms with E-state index >= 15 is 0 Å². The Kier molecular flexibility index (Phi) is 5.49. The zero-order valence-corrected chi connectivity index (χ0v) is 13.2. The number of hydrogen-bond acceptors (Lipinski definition) is 5. The predicted octanol–water partition coefficient (Wildman–Crippen LogP) is 1.61. The van der Waals surface area contributed by atoms with Crippen molar-refractivity contribution in [2.75, 3.05) is 24.3 Å². The quantitative estimate of drug-likeness (QED) is 0.864. The van der Waals surface area contributed by atoms with Gasteiger partial charge < -0.3 is 10.4 Å². The average molecular weight is 315 g/mol. The second-order valence-electron chi connectivity index (χ2n) is 5.18. The van der Waals surface area contributed by atoms with Crippen molar-refractivity contribution in [2.24, 2.45) is 0 Å². The van der Waals surface area contributed by atoms with Crippen molar-refractivity contribution in [1.29, 1.82) is 0 Å². The zero-order chi connectivity index (χ0) is 14.6. The highest BCUT2D eigenvalue weighted by Gasteiger charge is 2.16. The summed E-state index contributed by atoms with van der Waals surface area (Å²) in [5, 5.41) is 13.5. The molecule has 1 aliphatic rings. The minimum Gasteiger partial charge on any atom is -0.387 e. The number of rotatable bonds is 5. The predicted molar refractivity (Wildman–Crippen MR) is 82.9 cm³/mol. The molecule has 0 aromatic heterocycles. The van der Waals surface area contributed by atoms with Crippen LogP contribution in [0.5, 0.6) is 0 Å². The number of aliphatic hydroxyl groups is 1. The average Bonchev–Trinajstić information content (AvgIpc) is 2.45. The third-order valence-electron chi connectivity index (χ3n) is 3.45. The highest BCUT2D eigenvalue weighted by molar-refractivity contribution is 7.99. The van der Waals surface area contributed by atoms with E-state index in [0.717, 1.165) is 17.7 Å². The molecule has 4 nitrogen and oxygen atoms in total. The molecule has 1 fully saturated rings. The maximum Gasteiger partial charge on any atom is 0.175 e. The number of benzene rings is 1. The largest absolute Gasteiger partial charge is 0.387 e. The first-order chi connectivity index (χ1) is 9.47. The molecular weight excluding hydrogens is 294 g/mol. The normalized spacial score (nSPS) is 21.6. The van der Waals surface area contributed by atoms with Crippen molar-refractivity contribution in [3.8, 4) is 0 Å². The van der Waals surface area contributed by atoms with Gasteiger partial charge in [-0.3, -0.25) is 0 Å². The number of hydrogen-bond donors (Lipinski definition) is 2. The minimum atomic E-state index is -3.17. The van der Waals surface area contributed by atoms with Gasteiger partial charge in [-0.2, -0.15) is 11.8 Å². The molecule has 0 saturated carbocycles. The Hall–Kier alpha value is -0.560. The number of aliphatic hydroxyl groups excluding tert-OH is 1. The summed E-state index contributed by atoms with van der Waals surface area (Å²) in [4.78, 5) is 0.282. The van der Waals surface area contributed by atoms with Gasteiger partial charge in [0.2, 0.25) is 0 Å². The summed E-state index contributed by atoms with van der Waals surface area (Å²) >= 11 is 1.94. The topological polar surface area (TPSA) is 66.4 Å². The first kappa shape index (κ1) is 15.8. The summed E-state index contributed by atoms with van der Waals surface area (Å²) in [7, 11) is -3.17. The first-order valence-electron chi connectivity index (χ1n) is 6.76. The molecule has 1 aliphatic heterocycles. The molecule has 1 aromatic carbocycles. The van der Waals surface area contributed by atoms with Crippen LogP contribution in [0.2, 0.25) is 0 Å². The summed E-state index contributed by atoms with van der Waals surface area (Å²) in [6.45, 7) is 0.503. The lowest BCUT2D eigenvalue weighted by molar-refractivity contribution is 0.170. The molecule has 0 aliphatic carbocycles. The molecule has 6 heteroatoms. The Morgan fingerprint density at radius 3 is 2.65 bits per heavy atom. The number of thioether (sulfide) groups is 1. The summed E-state index contributed by atoms with van der Waals surface area (Å²) in [6, 6.07) is 6.92. The van der Waals surface area contributed by atoms with Gasteiger partial charge in [-0.25, -0.2) is 8.42 Å². The molecule has 0 bridgehead atoms. The lowest BCUT2D eigenvalue weighted by Gasteiger charge is -2.24. The van der Waals surface area contributed by atoms with E-state index in [1.54, 1.807) is 24.3 Å². The molecule has 2 N–H and O–H groups in total. The monoisotopic (exact) mass is 315 g/mol. The molecule has 112 valence electrons. The SMILES string of the molecule is CS(=O)(=O)c1ccc(C(O)CNC2CCCSC2)cc1. The van der Waals surface area contributed by atoms with Crippen molar-refractivity contribution in [2.45, 2.75) is 29.9 Å².